The zero-order valence-corrected chi connectivity index (χ0v) is 5.42. The molecule has 0 bridgehead atoms. The smallest absolute Gasteiger partial charge is 0.323 e. The summed E-state index contributed by atoms with van der Waals surface area (Å²) in [5, 5.41) is 8.54. The molecule has 1 rings (SSSR count). The van der Waals surface area contributed by atoms with E-state index in [2.05, 4.69) is 0 Å². The van der Waals surface area contributed by atoms with E-state index in [1.807, 2.05) is 6.92 Å². The van der Waals surface area contributed by atoms with Crippen LogP contribution in [0.15, 0.2) is 0 Å². The van der Waals surface area contributed by atoms with E-state index in [1.165, 1.54) is 0 Å². The molecular formula is C6H11NO2. The van der Waals surface area contributed by atoms with Gasteiger partial charge in [-0.05, 0) is 18.8 Å². The van der Waals surface area contributed by atoms with Gasteiger partial charge < -0.3 is 10.8 Å². The van der Waals surface area contributed by atoms with E-state index in [-0.39, 0.29) is 5.92 Å². The van der Waals surface area contributed by atoms with E-state index in [0.29, 0.717) is 6.42 Å². The van der Waals surface area contributed by atoms with Gasteiger partial charge in [0.05, 0.1) is 0 Å². The lowest BCUT2D eigenvalue weighted by atomic mass is 9.68. The molecule has 3 N–H and O–H groups in total. The van der Waals surface area contributed by atoms with Crippen molar-refractivity contribution in [2.24, 2.45) is 11.7 Å². The summed E-state index contributed by atoms with van der Waals surface area (Å²) in [5.41, 5.74) is 4.59. The molecule has 52 valence electrons. The maximum absolute atomic E-state index is 10.4. The molecule has 1 aliphatic rings. The predicted molar refractivity (Wildman–Crippen MR) is 33.0 cm³/mol. The molecule has 0 heterocycles. The number of rotatable bonds is 1. The van der Waals surface area contributed by atoms with Crippen molar-refractivity contribution in [2.45, 2.75) is 25.3 Å². The highest BCUT2D eigenvalue weighted by molar-refractivity contribution is 5.80. The van der Waals surface area contributed by atoms with Crippen molar-refractivity contribution in [1.29, 1.82) is 0 Å². The predicted octanol–water partition coefficient (Wildman–Crippen LogP) is 0.198. The molecule has 0 radical (unpaired) electrons. The maximum atomic E-state index is 10.4. The number of nitrogens with two attached hydrogens (primary N) is 1. The number of carboxylic acids is 1. The molecule has 0 aromatic carbocycles. The van der Waals surface area contributed by atoms with Crippen LogP contribution >= 0.6 is 0 Å². The van der Waals surface area contributed by atoms with Crippen molar-refractivity contribution in [3.05, 3.63) is 0 Å². The van der Waals surface area contributed by atoms with Gasteiger partial charge in [-0.1, -0.05) is 6.92 Å². The van der Waals surface area contributed by atoms with Crippen molar-refractivity contribution < 1.29 is 9.90 Å². The third-order valence-corrected chi connectivity index (χ3v) is 2.27. The average molecular weight is 129 g/mol. The van der Waals surface area contributed by atoms with Gasteiger partial charge in [0.2, 0.25) is 0 Å². The molecule has 0 saturated heterocycles. The van der Waals surface area contributed by atoms with Crippen LogP contribution < -0.4 is 5.73 Å². The highest BCUT2D eigenvalue weighted by atomic mass is 16.4. The Labute approximate surface area is 53.9 Å². The first-order chi connectivity index (χ1) is 4.07. The number of aliphatic carboxylic acids is 1. The van der Waals surface area contributed by atoms with Crippen LogP contribution in [-0.4, -0.2) is 16.6 Å². The third kappa shape index (κ3) is 0.721. The highest BCUT2D eigenvalue weighted by Gasteiger charge is 2.46. The van der Waals surface area contributed by atoms with Crippen LogP contribution in [0.3, 0.4) is 0 Å². The molecule has 3 heteroatoms. The number of hydrogen-bond acceptors (Lipinski definition) is 2. The first kappa shape index (κ1) is 6.55. The molecule has 0 aromatic heterocycles. The van der Waals surface area contributed by atoms with E-state index >= 15 is 0 Å². The van der Waals surface area contributed by atoms with Crippen LogP contribution in [0, 0.1) is 5.92 Å². The second-order valence-electron chi connectivity index (χ2n) is 2.79. The fraction of sp³-hybridized carbons (Fsp3) is 0.833. The summed E-state index contributed by atoms with van der Waals surface area (Å²) >= 11 is 0. The van der Waals surface area contributed by atoms with Crippen LogP contribution in [0.5, 0.6) is 0 Å². The van der Waals surface area contributed by atoms with E-state index in [9.17, 15) is 4.79 Å². The number of carbonyl (C=O) groups is 1. The summed E-state index contributed by atoms with van der Waals surface area (Å²) in [6, 6.07) is 0. The van der Waals surface area contributed by atoms with E-state index in [4.69, 9.17) is 10.8 Å². The summed E-state index contributed by atoms with van der Waals surface area (Å²) in [6.07, 6.45) is 1.58. The first-order valence-corrected chi connectivity index (χ1v) is 3.09. The van der Waals surface area contributed by atoms with E-state index < -0.39 is 11.5 Å². The fourth-order valence-electron chi connectivity index (χ4n) is 1.06. The summed E-state index contributed by atoms with van der Waals surface area (Å²) in [5.74, 6) is -0.712. The molecule has 0 aliphatic heterocycles. The van der Waals surface area contributed by atoms with Gasteiger partial charge in [-0.25, -0.2) is 0 Å². The molecular weight excluding hydrogens is 118 g/mol. The van der Waals surface area contributed by atoms with Crippen LogP contribution in [0.25, 0.3) is 0 Å². The Balaban J connectivity index is 2.64. The lowest BCUT2D eigenvalue weighted by Gasteiger charge is -2.40. The molecule has 0 unspecified atom stereocenters. The average Bonchev–Trinajstić information content (AvgIpc) is 1.82. The molecule has 2 atom stereocenters. The molecule has 1 aliphatic carbocycles. The lowest BCUT2D eigenvalue weighted by Crippen LogP contribution is -2.59. The molecule has 0 amide bonds. The fourth-order valence-corrected chi connectivity index (χ4v) is 1.06. The molecule has 1 fully saturated rings. The van der Waals surface area contributed by atoms with E-state index in [0.717, 1.165) is 6.42 Å². The minimum atomic E-state index is -0.903. The zero-order valence-electron chi connectivity index (χ0n) is 5.42. The second kappa shape index (κ2) is 1.70. The van der Waals surface area contributed by atoms with Crippen molar-refractivity contribution >= 4 is 5.97 Å². The standard InChI is InChI=1S/C6H11NO2/c1-4-2-3-6(4,7)5(8)9/h4H,2-3,7H2,1H3,(H,8,9)/t4-,6+/m0/s1. The van der Waals surface area contributed by atoms with Crippen LogP contribution in [0.2, 0.25) is 0 Å². The maximum Gasteiger partial charge on any atom is 0.323 e. The minimum Gasteiger partial charge on any atom is -0.480 e. The Morgan fingerprint density at radius 3 is 2.44 bits per heavy atom. The summed E-state index contributed by atoms with van der Waals surface area (Å²) < 4.78 is 0. The number of hydrogen-bond donors (Lipinski definition) is 2. The monoisotopic (exact) mass is 129 g/mol. The first-order valence-electron chi connectivity index (χ1n) is 3.09. The summed E-state index contributed by atoms with van der Waals surface area (Å²) in [4.78, 5) is 10.4. The van der Waals surface area contributed by atoms with Crippen molar-refractivity contribution in [2.75, 3.05) is 0 Å². The highest BCUT2D eigenvalue weighted by Crippen LogP contribution is 2.35. The third-order valence-electron chi connectivity index (χ3n) is 2.27. The molecule has 9 heavy (non-hydrogen) atoms. The van der Waals surface area contributed by atoms with E-state index in [1.54, 1.807) is 0 Å². The topological polar surface area (TPSA) is 63.3 Å². The van der Waals surface area contributed by atoms with Gasteiger partial charge in [-0.3, -0.25) is 4.79 Å². The van der Waals surface area contributed by atoms with Gasteiger partial charge >= 0.3 is 5.97 Å². The van der Waals surface area contributed by atoms with Gasteiger partial charge in [0, 0.05) is 0 Å². The molecule has 3 nitrogen and oxygen atoms in total. The van der Waals surface area contributed by atoms with Crippen molar-refractivity contribution in [3.8, 4) is 0 Å². The zero-order chi connectivity index (χ0) is 7.07. The van der Waals surface area contributed by atoms with Gasteiger partial charge in [0.25, 0.3) is 0 Å². The van der Waals surface area contributed by atoms with Crippen LogP contribution in [-0.2, 0) is 4.79 Å². The van der Waals surface area contributed by atoms with Crippen molar-refractivity contribution in [1.82, 2.24) is 0 Å². The van der Waals surface area contributed by atoms with Crippen LogP contribution in [0.4, 0.5) is 0 Å². The number of carboxylic acid groups (broad SMARTS) is 1. The van der Waals surface area contributed by atoms with Crippen molar-refractivity contribution in [3.63, 3.8) is 0 Å². The largest absolute Gasteiger partial charge is 0.480 e. The Hall–Kier alpha value is -0.570. The quantitative estimate of drug-likeness (QED) is 0.531. The second-order valence-corrected chi connectivity index (χ2v) is 2.79. The normalized spacial score (nSPS) is 41.8. The molecule has 0 aromatic rings. The van der Waals surface area contributed by atoms with Gasteiger partial charge in [-0.15, -0.1) is 0 Å². The molecule has 0 spiro atoms. The minimum absolute atomic E-state index is 0.148. The van der Waals surface area contributed by atoms with Gasteiger partial charge in [0.1, 0.15) is 5.54 Å². The summed E-state index contributed by atoms with van der Waals surface area (Å²) in [7, 11) is 0. The van der Waals surface area contributed by atoms with Gasteiger partial charge in [0.15, 0.2) is 0 Å². The Morgan fingerprint density at radius 2 is 2.44 bits per heavy atom. The van der Waals surface area contributed by atoms with Gasteiger partial charge in [-0.2, -0.15) is 0 Å². The van der Waals surface area contributed by atoms with Crippen LogP contribution in [0.1, 0.15) is 19.8 Å². The Kier molecular flexibility index (Phi) is 1.24. The summed E-state index contributed by atoms with van der Waals surface area (Å²) in [6.45, 7) is 1.87. The SMILES string of the molecule is C[C@H]1CC[C@]1(N)C(=O)O. The Morgan fingerprint density at radius 1 is 1.89 bits per heavy atom. The molecule has 1 saturated carbocycles. The Bertz CT molecular complexity index is 146. The lowest BCUT2D eigenvalue weighted by molar-refractivity contribution is -0.149.